The average molecular weight is 477 g/mol. The molecule has 1 atom stereocenters. The van der Waals surface area contributed by atoms with Crippen LogP contribution < -0.4 is 9.80 Å². The van der Waals surface area contributed by atoms with E-state index in [1.165, 1.54) is 24.8 Å². The fourth-order valence-corrected chi connectivity index (χ4v) is 6.12. The summed E-state index contributed by atoms with van der Waals surface area (Å²) in [5.41, 5.74) is 4.03. The standard InChI is InChI=1S/C28H33ClN4O/c29-24-12-10-23(19-30)27(18-24)32-16-14-31(15-17-32)20-25-13-11-21-6-4-5-9-26(21)33(25)28(34)22-7-2-1-3-8-22/h4-6,9-10,12,18,22,25H,1-3,7-8,11,13-17,20H2. The van der Waals surface area contributed by atoms with E-state index < -0.39 is 0 Å². The van der Waals surface area contributed by atoms with E-state index in [0.717, 1.165) is 69.8 Å². The Morgan fingerprint density at radius 3 is 2.50 bits per heavy atom. The first-order chi connectivity index (χ1) is 16.6. The van der Waals surface area contributed by atoms with Gasteiger partial charge in [0.1, 0.15) is 6.07 Å². The number of aryl methyl sites for hydroxylation is 1. The SMILES string of the molecule is N#Cc1ccc(Cl)cc1N1CCN(CC2CCc3ccccc3N2C(=O)C2CCCCC2)CC1. The Balaban J connectivity index is 1.29. The molecule has 1 saturated heterocycles. The number of benzene rings is 2. The van der Waals surface area contributed by atoms with Crippen molar-refractivity contribution in [3.05, 3.63) is 58.6 Å². The molecule has 2 fully saturated rings. The zero-order chi connectivity index (χ0) is 23.5. The van der Waals surface area contributed by atoms with Crippen LogP contribution in [-0.2, 0) is 11.2 Å². The second kappa shape index (κ2) is 10.4. The molecule has 1 unspecified atom stereocenters. The van der Waals surface area contributed by atoms with Gasteiger partial charge in [0.15, 0.2) is 0 Å². The molecule has 1 amide bonds. The second-order valence-corrected chi connectivity index (χ2v) is 10.4. The highest BCUT2D eigenvalue weighted by Gasteiger charge is 2.36. The van der Waals surface area contributed by atoms with Gasteiger partial charge in [-0.25, -0.2) is 0 Å². The number of carbonyl (C=O) groups excluding carboxylic acids is 1. The van der Waals surface area contributed by atoms with Crippen molar-refractivity contribution in [1.82, 2.24) is 4.90 Å². The van der Waals surface area contributed by atoms with Crippen LogP contribution in [0.1, 0.15) is 49.7 Å². The maximum Gasteiger partial charge on any atom is 0.230 e. The van der Waals surface area contributed by atoms with Crippen molar-refractivity contribution in [2.24, 2.45) is 5.92 Å². The summed E-state index contributed by atoms with van der Waals surface area (Å²) in [6.07, 6.45) is 7.72. The fourth-order valence-electron chi connectivity index (χ4n) is 5.95. The molecule has 5 rings (SSSR count). The van der Waals surface area contributed by atoms with E-state index in [1.54, 1.807) is 12.1 Å². The molecule has 0 N–H and O–H groups in total. The fraction of sp³-hybridized carbons (Fsp3) is 0.500. The molecule has 2 aromatic carbocycles. The van der Waals surface area contributed by atoms with Crippen molar-refractivity contribution in [2.75, 3.05) is 42.5 Å². The summed E-state index contributed by atoms with van der Waals surface area (Å²) in [5.74, 6) is 0.513. The lowest BCUT2D eigenvalue weighted by Gasteiger charge is -2.44. The Morgan fingerprint density at radius 1 is 0.971 bits per heavy atom. The van der Waals surface area contributed by atoms with Crippen LogP contribution in [-0.4, -0.2) is 49.6 Å². The maximum absolute atomic E-state index is 13.8. The van der Waals surface area contributed by atoms with Gasteiger partial charge in [0, 0.05) is 55.4 Å². The summed E-state index contributed by atoms with van der Waals surface area (Å²) < 4.78 is 0. The molecule has 3 aliphatic rings. The van der Waals surface area contributed by atoms with Crippen LogP contribution >= 0.6 is 11.6 Å². The van der Waals surface area contributed by atoms with Crippen LogP contribution in [0.2, 0.25) is 5.02 Å². The number of fused-ring (bicyclic) bond motifs is 1. The first-order valence-corrected chi connectivity index (χ1v) is 13.1. The molecule has 0 bridgehead atoms. The maximum atomic E-state index is 13.8. The monoisotopic (exact) mass is 476 g/mol. The molecule has 0 aromatic heterocycles. The van der Waals surface area contributed by atoms with Crippen molar-refractivity contribution in [2.45, 2.75) is 51.0 Å². The van der Waals surface area contributed by atoms with E-state index in [9.17, 15) is 10.1 Å². The number of piperazine rings is 1. The van der Waals surface area contributed by atoms with E-state index in [4.69, 9.17) is 11.6 Å². The normalized spacial score (nSPS) is 21.7. The average Bonchev–Trinajstić information content (AvgIpc) is 2.89. The Kier molecular flexibility index (Phi) is 7.08. The van der Waals surface area contributed by atoms with Crippen molar-refractivity contribution in [1.29, 1.82) is 5.26 Å². The number of carbonyl (C=O) groups is 1. The van der Waals surface area contributed by atoms with Gasteiger partial charge in [0.05, 0.1) is 11.3 Å². The van der Waals surface area contributed by atoms with Gasteiger partial charge in [-0.05, 0) is 55.5 Å². The van der Waals surface area contributed by atoms with E-state index in [-0.39, 0.29) is 12.0 Å². The Morgan fingerprint density at radius 2 is 1.74 bits per heavy atom. The van der Waals surface area contributed by atoms with Crippen LogP contribution in [0.4, 0.5) is 11.4 Å². The molecule has 0 spiro atoms. The van der Waals surface area contributed by atoms with E-state index in [1.807, 2.05) is 6.07 Å². The van der Waals surface area contributed by atoms with Crippen molar-refractivity contribution < 1.29 is 4.79 Å². The second-order valence-electron chi connectivity index (χ2n) is 9.93. The van der Waals surface area contributed by atoms with Crippen molar-refractivity contribution >= 4 is 28.9 Å². The zero-order valence-corrected chi connectivity index (χ0v) is 20.5. The molecule has 34 heavy (non-hydrogen) atoms. The summed E-state index contributed by atoms with van der Waals surface area (Å²) in [6.45, 7) is 4.45. The predicted molar refractivity (Wildman–Crippen MR) is 137 cm³/mol. The number of nitriles is 1. The molecule has 2 aromatic rings. The topological polar surface area (TPSA) is 50.6 Å². The number of rotatable bonds is 4. The molecule has 6 heteroatoms. The Bertz CT molecular complexity index is 1070. The predicted octanol–water partition coefficient (Wildman–Crippen LogP) is 5.26. The third-order valence-electron chi connectivity index (χ3n) is 7.82. The minimum Gasteiger partial charge on any atom is -0.368 e. The van der Waals surface area contributed by atoms with Crippen molar-refractivity contribution in [3.8, 4) is 6.07 Å². The third-order valence-corrected chi connectivity index (χ3v) is 8.05. The minimum absolute atomic E-state index is 0.173. The Labute approximate surface area is 207 Å². The molecular weight excluding hydrogens is 444 g/mol. The number of para-hydroxylation sites is 1. The summed E-state index contributed by atoms with van der Waals surface area (Å²) in [4.78, 5) is 20.7. The molecule has 5 nitrogen and oxygen atoms in total. The Hall–Kier alpha value is -2.55. The highest BCUT2D eigenvalue weighted by molar-refractivity contribution is 6.30. The molecule has 2 aliphatic heterocycles. The van der Waals surface area contributed by atoms with Crippen LogP contribution in [0.25, 0.3) is 0 Å². The van der Waals surface area contributed by atoms with Gasteiger partial charge in [-0.1, -0.05) is 49.1 Å². The van der Waals surface area contributed by atoms with Gasteiger partial charge >= 0.3 is 0 Å². The van der Waals surface area contributed by atoms with Gasteiger partial charge in [0.2, 0.25) is 5.91 Å². The summed E-state index contributed by atoms with van der Waals surface area (Å²) in [5, 5.41) is 10.2. The highest BCUT2D eigenvalue weighted by Crippen LogP contribution is 2.35. The lowest BCUT2D eigenvalue weighted by Crippen LogP contribution is -2.55. The summed E-state index contributed by atoms with van der Waals surface area (Å²) in [7, 11) is 0. The summed E-state index contributed by atoms with van der Waals surface area (Å²) >= 11 is 6.22. The third kappa shape index (κ3) is 4.80. The number of hydrogen-bond donors (Lipinski definition) is 0. The molecule has 1 aliphatic carbocycles. The molecule has 0 radical (unpaired) electrons. The van der Waals surface area contributed by atoms with Crippen LogP contribution in [0, 0.1) is 17.2 Å². The van der Waals surface area contributed by atoms with Gasteiger partial charge in [-0.3, -0.25) is 9.69 Å². The first-order valence-electron chi connectivity index (χ1n) is 12.7. The van der Waals surface area contributed by atoms with Crippen molar-refractivity contribution in [3.63, 3.8) is 0 Å². The van der Waals surface area contributed by atoms with Crippen LogP contribution in [0.3, 0.4) is 0 Å². The number of anilines is 2. The number of nitrogens with zero attached hydrogens (tertiary/aromatic N) is 4. The van der Waals surface area contributed by atoms with E-state index in [0.29, 0.717) is 16.5 Å². The lowest BCUT2D eigenvalue weighted by molar-refractivity contribution is -0.124. The van der Waals surface area contributed by atoms with Crippen LogP contribution in [0.5, 0.6) is 0 Å². The largest absolute Gasteiger partial charge is 0.368 e. The quantitative estimate of drug-likeness (QED) is 0.603. The zero-order valence-electron chi connectivity index (χ0n) is 19.8. The van der Waals surface area contributed by atoms with Gasteiger partial charge in [-0.2, -0.15) is 5.26 Å². The molecule has 2 heterocycles. The number of hydrogen-bond acceptors (Lipinski definition) is 4. The molecule has 178 valence electrons. The molecular formula is C28H33ClN4O. The number of amides is 1. The van der Waals surface area contributed by atoms with Gasteiger partial charge in [-0.15, -0.1) is 0 Å². The minimum atomic E-state index is 0.173. The molecule has 1 saturated carbocycles. The smallest absolute Gasteiger partial charge is 0.230 e. The van der Waals surface area contributed by atoms with Crippen LogP contribution in [0.15, 0.2) is 42.5 Å². The van der Waals surface area contributed by atoms with Gasteiger partial charge in [0.25, 0.3) is 0 Å². The lowest BCUT2D eigenvalue weighted by atomic mass is 9.86. The number of halogens is 1. The van der Waals surface area contributed by atoms with E-state index >= 15 is 0 Å². The highest BCUT2D eigenvalue weighted by atomic mass is 35.5. The summed E-state index contributed by atoms with van der Waals surface area (Å²) in [6, 6.07) is 16.5. The first kappa shape index (κ1) is 23.2. The van der Waals surface area contributed by atoms with Gasteiger partial charge < -0.3 is 9.80 Å². The van der Waals surface area contributed by atoms with E-state index in [2.05, 4.69) is 45.0 Å².